The van der Waals surface area contributed by atoms with Gasteiger partial charge in [-0.1, -0.05) is 27.7 Å². The van der Waals surface area contributed by atoms with E-state index in [-0.39, 0.29) is 31.0 Å². The van der Waals surface area contributed by atoms with Crippen molar-refractivity contribution in [3.63, 3.8) is 0 Å². The van der Waals surface area contributed by atoms with E-state index < -0.39 is 11.8 Å². The number of rotatable bonds is 7. The van der Waals surface area contributed by atoms with E-state index >= 15 is 0 Å². The fraction of sp³-hybridized carbons (Fsp3) is 0.750. The third-order valence-corrected chi connectivity index (χ3v) is 1.78. The standard InChI is InChI=1S/C10H17NO3.C2H6/c1-7(2)5-10(14)9(13)4-3-8(11)6-12;1-2/h6-8H,3-5,11H2,1-2H3;1-2H3/t8-;/m0./s1. The number of aldehydes is 1. The molecule has 0 spiro atoms. The molecule has 0 aliphatic heterocycles. The van der Waals surface area contributed by atoms with Gasteiger partial charge in [0, 0.05) is 12.8 Å². The van der Waals surface area contributed by atoms with Crippen molar-refractivity contribution in [3.05, 3.63) is 0 Å². The minimum atomic E-state index is -0.634. The highest BCUT2D eigenvalue weighted by Gasteiger charge is 2.15. The molecule has 94 valence electrons. The molecule has 4 heteroatoms. The van der Waals surface area contributed by atoms with Crippen LogP contribution < -0.4 is 5.73 Å². The van der Waals surface area contributed by atoms with Crippen molar-refractivity contribution >= 4 is 17.9 Å². The molecule has 0 saturated carbocycles. The Balaban J connectivity index is 0. The Labute approximate surface area is 97.6 Å². The number of Topliss-reactive ketones (excluding diaryl/α,β-unsaturated/α-hetero) is 2. The van der Waals surface area contributed by atoms with Gasteiger partial charge in [-0.05, 0) is 12.3 Å². The minimum Gasteiger partial charge on any atom is -0.322 e. The van der Waals surface area contributed by atoms with E-state index in [4.69, 9.17) is 5.73 Å². The van der Waals surface area contributed by atoms with Gasteiger partial charge in [-0.2, -0.15) is 0 Å². The van der Waals surface area contributed by atoms with Crippen LogP contribution in [0.2, 0.25) is 0 Å². The Morgan fingerprint density at radius 2 is 1.69 bits per heavy atom. The highest BCUT2D eigenvalue weighted by molar-refractivity contribution is 6.37. The average Bonchev–Trinajstić information content (AvgIpc) is 2.27. The van der Waals surface area contributed by atoms with Crippen molar-refractivity contribution in [1.29, 1.82) is 0 Å². The molecule has 0 saturated heterocycles. The van der Waals surface area contributed by atoms with Crippen LogP contribution in [0.3, 0.4) is 0 Å². The van der Waals surface area contributed by atoms with Gasteiger partial charge in [0.25, 0.3) is 0 Å². The lowest BCUT2D eigenvalue weighted by Crippen LogP contribution is -2.24. The van der Waals surface area contributed by atoms with E-state index in [9.17, 15) is 14.4 Å². The van der Waals surface area contributed by atoms with Gasteiger partial charge in [0.05, 0.1) is 6.04 Å². The first-order chi connectivity index (χ1) is 7.47. The predicted molar refractivity (Wildman–Crippen MR) is 64.1 cm³/mol. The van der Waals surface area contributed by atoms with Crippen molar-refractivity contribution in [1.82, 2.24) is 0 Å². The smallest absolute Gasteiger partial charge is 0.198 e. The topological polar surface area (TPSA) is 77.2 Å². The van der Waals surface area contributed by atoms with E-state index in [0.717, 1.165) is 0 Å². The van der Waals surface area contributed by atoms with E-state index in [0.29, 0.717) is 6.29 Å². The van der Waals surface area contributed by atoms with E-state index in [1.165, 1.54) is 0 Å². The van der Waals surface area contributed by atoms with Crippen LogP contribution in [0.5, 0.6) is 0 Å². The molecular formula is C12H23NO3. The van der Waals surface area contributed by atoms with Gasteiger partial charge in [0.1, 0.15) is 6.29 Å². The molecule has 16 heavy (non-hydrogen) atoms. The molecule has 0 aromatic heterocycles. The van der Waals surface area contributed by atoms with Crippen molar-refractivity contribution in [2.45, 2.75) is 53.0 Å². The Morgan fingerprint density at radius 3 is 2.06 bits per heavy atom. The first-order valence-corrected chi connectivity index (χ1v) is 5.74. The maximum absolute atomic E-state index is 11.2. The van der Waals surface area contributed by atoms with E-state index in [1.807, 2.05) is 27.7 Å². The molecule has 0 bridgehead atoms. The summed E-state index contributed by atoms with van der Waals surface area (Å²) in [5.41, 5.74) is 5.29. The summed E-state index contributed by atoms with van der Waals surface area (Å²) in [6.07, 6.45) is 1.19. The maximum atomic E-state index is 11.2. The van der Waals surface area contributed by atoms with Crippen LogP contribution in [-0.4, -0.2) is 23.9 Å². The summed E-state index contributed by atoms with van der Waals surface area (Å²) in [6.45, 7) is 7.75. The molecular weight excluding hydrogens is 206 g/mol. The van der Waals surface area contributed by atoms with Crippen LogP contribution in [0.1, 0.15) is 47.0 Å². The van der Waals surface area contributed by atoms with Gasteiger partial charge in [0.15, 0.2) is 11.6 Å². The van der Waals surface area contributed by atoms with Crippen LogP contribution in [0, 0.1) is 5.92 Å². The zero-order chi connectivity index (χ0) is 13.1. The van der Waals surface area contributed by atoms with Gasteiger partial charge >= 0.3 is 0 Å². The quantitative estimate of drug-likeness (QED) is 0.530. The molecule has 0 heterocycles. The summed E-state index contributed by atoms with van der Waals surface area (Å²) in [6, 6.07) is -0.634. The molecule has 4 nitrogen and oxygen atoms in total. The van der Waals surface area contributed by atoms with E-state index in [1.54, 1.807) is 0 Å². The largest absolute Gasteiger partial charge is 0.322 e. The van der Waals surface area contributed by atoms with Gasteiger partial charge in [-0.15, -0.1) is 0 Å². The number of ketones is 2. The molecule has 0 fully saturated rings. The summed E-state index contributed by atoms with van der Waals surface area (Å²) in [7, 11) is 0. The number of carbonyl (C=O) groups excluding carboxylic acids is 3. The highest BCUT2D eigenvalue weighted by atomic mass is 16.2. The Hall–Kier alpha value is -1.03. The summed E-state index contributed by atoms with van der Waals surface area (Å²) in [4.78, 5) is 32.5. The van der Waals surface area contributed by atoms with Gasteiger partial charge in [-0.3, -0.25) is 9.59 Å². The number of nitrogens with two attached hydrogens (primary N) is 1. The van der Waals surface area contributed by atoms with Gasteiger partial charge in [-0.25, -0.2) is 0 Å². The molecule has 0 aliphatic carbocycles. The molecule has 2 N–H and O–H groups in total. The average molecular weight is 229 g/mol. The predicted octanol–water partition coefficient (Wildman–Crippen LogP) is 1.50. The van der Waals surface area contributed by atoms with Crippen LogP contribution in [0.25, 0.3) is 0 Å². The fourth-order valence-electron chi connectivity index (χ4n) is 0.990. The second kappa shape index (κ2) is 10.5. The molecule has 0 radical (unpaired) electrons. The lowest BCUT2D eigenvalue weighted by atomic mass is 10.0. The lowest BCUT2D eigenvalue weighted by Gasteiger charge is -2.04. The van der Waals surface area contributed by atoms with E-state index in [2.05, 4.69) is 0 Å². The van der Waals surface area contributed by atoms with Crippen LogP contribution in [0.4, 0.5) is 0 Å². The molecule has 0 aliphatic rings. The van der Waals surface area contributed by atoms with Crippen molar-refractivity contribution in [3.8, 4) is 0 Å². The monoisotopic (exact) mass is 229 g/mol. The van der Waals surface area contributed by atoms with Crippen molar-refractivity contribution in [2.24, 2.45) is 11.7 Å². The fourth-order valence-corrected chi connectivity index (χ4v) is 0.990. The maximum Gasteiger partial charge on any atom is 0.198 e. The molecule has 0 rings (SSSR count). The summed E-state index contributed by atoms with van der Waals surface area (Å²) < 4.78 is 0. The highest BCUT2D eigenvalue weighted by Crippen LogP contribution is 2.04. The third-order valence-electron chi connectivity index (χ3n) is 1.78. The molecule has 0 amide bonds. The lowest BCUT2D eigenvalue weighted by molar-refractivity contribution is -0.137. The van der Waals surface area contributed by atoms with Crippen LogP contribution in [0.15, 0.2) is 0 Å². The Kier molecular flexibility index (Phi) is 11.4. The first-order valence-electron chi connectivity index (χ1n) is 5.74. The zero-order valence-corrected chi connectivity index (χ0v) is 10.7. The van der Waals surface area contributed by atoms with Crippen molar-refractivity contribution in [2.75, 3.05) is 0 Å². The summed E-state index contributed by atoms with van der Waals surface area (Å²) >= 11 is 0. The molecule has 0 unspecified atom stereocenters. The summed E-state index contributed by atoms with van der Waals surface area (Å²) in [5, 5.41) is 0. The SMILES string of the molecule is CC.CC(C)CC(=O)C(=O)CC[C@H](N)C=O. The molecule has 0 aromatic rings. The first kappa shape index (κ1) is 17.4. The number of hydrogen-bond donors (Lipinski definition) is 1. The Bertz CT molecular complexity index is 224. The number of carbonyl (C=O) groups is 3. The van der Waals surface area contributed by atoms with Gasteiger partial charge in [0.2, 0.25) is 0 Å². The molecule has 1 atom stereocenters. The number of hydrogen-bond acceptors (Lipinski definition) is 4. The zero-order valence-electron chi connectivity index (χ0n) is 10.7. The Morgan fingerprint density at radius 1 is 1.19 bits per heavy atom. The second-order valence-corrected chi connectivity index (χ2v) is 3.78. The second-order valence-electron chi connectivity index (χ2n) is 3.78. The van der Waals surface area contributed by atoms with Gasteiger partial charge < -0.3 is 10.5 Å². The third kappa shape index (κ3) is 9.52. The molecule has 0 aromatic carbocycles. The minimum absolute atomic E-state index is 0.0749. The van der Waals surface area contributed by atoms with Crippen LogP contribution in [-0.2, 0) is 14.4 Å². The summed E-state index contributed by atoms with van der Waals surface area (Å²) in [5.74, 6) is -0.597. The van der Waals surface area contributed by atoms with Crippen molar-refractivity contribution < 1.29 is 14.4 Å². The normalized spacial score (nSPS) is 11.4. The van der Waals surface area contributed by atoms with Crippen LogP contribution >= 0.6 is 0 Å².